The van der Waals surface area contributed by atoms with Gasteiger partial charge in [0.15, 0.2) is 0 Å². The lowest BCUT2D eigenvalue weighted by Gasteiger charge is -2.23. The number of nitrogens with zero attached hydrogens (tertiary/aromatic N) is 1. The summed E-state index contributed by atoms with van der Waals surface area (Å²) in [6, 6.07) is 12.2. The van der Waals surface area contributed by atoms with Gasteiger partial charge in [0.25, 0.3) is 0 Å². The lowest BCUT2D eigenvalue weighted by Crippen LogP contribution is -2.35. The normalized spacial score (nSPS) is 12.1. The number of rotatable bonds is 6. The summed E-state index contributed by atoms with van der Waals surface area (Å²) in [6.45, 7) is 5.30. The summed E-state index contributed by atoms with van der Waals surface area (Å²) >= 11 is 6.40. The molecule has 10 heteroatoms. The van der Waals surface area contributed by atoms with Crippen molar-refractivity contribution in [1.82, 2.24) is 15.3 Å². The molecule has 1 aromatic heterocycles. The van der Waals surface area contributed by atoms with Crippen LogP contribution < -0.4 is 10.6 Å². The van der Waals surface area contributed by atoms with Gasteiger partial charge in [-0.15, -0.1) is 0 Å². The van der Waals surface area contributed by atoms with Crippen LogP contribution in [0, 0.1) is 5.82 Å². The Morgan fingerprint density at radius 2 is 1.74 bits per heavy atom. The van der Waals surface area contributed by atoms with Gasteiger partial charge in [-0.1, -0.05) is 35.9 Å². The molecule has 34 heavy (non-hydrogen) atoms. The number of amides is 2. The highest BCUT2D eigenvalue weighted by Crippen LogP contribution is 2.28. The van der Waals surface area contributed by atoms with E-state index < -0.39 is 23.8 Å². The Kier molecular flexibility index (Phi) is 7.78. The summed E-state index contributed by atoms with van der Waals surface area (Å²) in [5.74, 6) is 0.135. The maximum Gasteiger partial charge on any atom is 0.411 e. The molecule has 0 aliphatic carbocycles. The number of ether oxygens (including phenoxy) is 2. The topological polar surface area (TPSA) is 105 Å². The number of H-pyrrole nitrogens is 1. The number of methoxy groups -OCH3 is 1. The van der Waals surface area contributed by atoms with E-state index in [-0.39, 0.29) is 12.2 Å². The van der Waals surface area contributed by atoms with Crippen molar-refractivity contribution in [2.45, 2.75) is 38.8 Å². The standard InChI is InChI=1S/C24H26ClFN4O4/c1-24(2,3)34-23(32)28-18(14-5-9-16(26)10-6-14)13-19-29-20(21(25)30-19)15-7-11-17(12-8-15)27-22(31)33-4/h5-12,18H,13H2,1-4H3,(H,27,31)(H,28,32)(H,29,30). The van der Waals surface area contributed by atoms with Gasteiger partial charge in [-0.25, -0.2) is 19.0 Å². The van der Waals surface area contributed by atoms with E-state index in [9.17, 15) is 14.0 Å². The van der Waals surface area contributed by atoms with Gasteiger partial charge in [-0.05, 0) is 50.6 Å². The summed E-state index contributed by atoms with van der Waals surface area (Å²) in [6.07, 6.45) is -0.919. The smallest absolute Gasteiger partial charge is 0.411 e. The number of hydrogen-bond acceptors (Lipinski definition) is 5. The predicted octanol–water partition coefficient (Wildman–Crippen LogP) is 5.86. The maximum atomic E-state index is 13.4. The second-order valence-corrected chi connectivity index (χ2v) is 8.87. The summed E-state index contributed by atoms with van der Waals surface area (Å²) in [5.41, 5.74) is 1.80. The molecule has 1 atom stereocenters. The first-order valence-corrected chi connectivity index (χ1v) is 10.9. The number of hydrogen-bond donors (Lipinski definition) is 3. The first kappa shape index (κ1) is 25.0. The predicted molar refractivity (Wildman–Crippen MR) is 127 cm³/mol. The van der Waals surface area contributed by atoms with E-state index in [1.54, 1.807) is 57.2 Å². The molecular weight excluding hydrogens is 463 g/mol. The highest BCUT2D eigenvalue weighted by atomic mass is 35.5. The Hall–Kier alpha value is -3.59. The molecule has 0 radical (unpaired) electrons. The van der Waals surface area contributed by atoms with Crippen LogP contribution in [0.1, 0.15) is 38.2 Å². The second-order valence-electron chi connectivity index (χ2n) is 8.49. The van der Waals surface area contributed by atoms with E-state index in [0.717, 1.165) is 5.56 Å². The molecule has 0 aliphatic rings. The summed E-state index contributed by atoms with van der Waals surface area (Å²) < 4.78 is 23.4. The zero-order valence-corrected chi connectivity index (χ0v) is 20.0. The van der Waals surface area contributed by atoms with Gasteiger partial charge >= 0.3 is 12.2 Å². The van der Waals surface area contributed by atoms with Crippen LogP contribution in [-0.4, -0.2) is 34.9 Å². The van der Waals surface area contributed by atoms with Gasteiger partial charge in [-0.2, -0.15) is 0 Å². The number of aromatic nitrogens is 2. The fraction of sp³-hybridized carbons (Fsp3) is 0.292. The van der Waals surface area contributed by atoms with Gasteiger partial charge in [0, 0.05) is 17.7 Å². The minimum Gasteiger partial charge on any atom is -0.453 e. The van der Waals surface area contributed by atoms with Crippen molar-refractivity contribution in [3.63, 3.8) is 0 Å². The van der Waals surface area contributed by atoms with E-state index in [2.05, 4.69) is 25.3 Å². The van der Waals surface area contributed by atoms with E-state index in [4.69, 9.17) is 16.3 Å². The lowest BCUT2D eigenvalue weighted by atomic mass is 10.0. The van der Waals surface area contributed by atoms with Crippen molar-refractivity contribution in [2.75, 3.05) is 12.4 Å². The molecule has 180 valence electrons. The Bertz CT molecular complexity index is 1140. The van der Waals surface area contributed by atoms with Crippen LogP contribution >= 0.6 is 11.6 Å². The van der Waals surface area contributed by atoms with Crippen LogP contribution in [0.3, 0.4) is 0 Å². The van der Waals surface area contributed by atoms with Crippen molar-refractivity contribution in [1.29, 1.82) is 0 Å². The average Bonchev–Trinajstić information content (AvgIpc) is 3.13. The molecule has 3 N–H and O–H groups in total. The third-order valence-electron chi connectivity index (χ3n) is 4.66. The zero-order valence-electron chi connectivity index (χ0n) is 19.2. The molecule has 0 spiro atoms. The Labute approximate surface area is 201 Å². The molecule has 3 aromatic rings. The molecule has 1 heterocycles. The first-order valence-electron chi connectivity index (χ1n) is 10.5. The second kappa shape index (κ2) is 10.6. The third kappa shape index (κ3) is 6.95. The number of imidazole rings is 1. The highest BCUT2D eigenvalue weighted by Gasteiger charge is 2.23. The van der Waals surface area contributed by atoms with Crippen molar-refractivity contribution in [2.24, 2.45) is 0 Å². The van der Waals surface area contributed by atoms with Crippen molar-refractivity contribution < 1.29 is 23.5 Å². The quantitative estimate of drug-likeness (QED) is 0.403. The molecule has 0 bridgehead atoms. The minimum atomic E-state index is -0.673. The fourth-order valence-corrected chi connectivity index (χ4v) is 3.42. The molecule has 0 saturated carbocycles. The van der Waals surface area contributed by atoms with Gasteiger partial charge in [0.1, 0.15) is 28.1 Å². The minimum absolute atomic E-state index is 0.257. The SMILES string of the molecule is COC(=O)Nc1ccc(-c2nc(CC(NC(=O)OC(C)(C)C)c3ccc(F)cc3)[nH]c2Cl)cc1. The number of aromatic amines is 1. The third-order valence-corrected chi connectivity index (χ3v) is 4.93. The Morgan fingerprint density at radius 1 is 1.09 bits per heavy atom. The number of carbonyl (C=O) groups is 2. The summed E-state index contributed by atoms with van der Waals surface area (Å²) in [4.78, 5) is 31.4. The lowest BCUT2D eigenvalue weighted by molar-refractivity contribution is 0.0503. The average molecular weight is 489 g/mol. The molecule has 2 aromatic carbocycles. The molecule has 8 nitrogen and oxygen atoms in total. The van der Waals surface area contributed by atoms with E-state index in [1.807, 2.05) is 0 Å². The summed E-state index contributed by atoms with van der Waals surface area (Å²) in [5, 5.41) is 5.71. The van der Waals surface area contributed by atoms with Gasteiger partial charge in [0.2, 0.25) is 0 Å². The Balaban J connectivity index is 1.81. The van der Waals surface area contributed by atoms with Crippen molar-refractivity contribution >= 4 is 29.5 Å². The number of halogens is 2. The van der Waals surface area contributed by atoms with Crippen LogP contribution in [-0.2, 0) is 15.9 Å². The molecule has 2 amide bonds. The Morgan fingerprint density at radius 3 is 2.32 bits per heavy atom. The molecular formula is C24H26ClFN4O4. The number of anilines is 1. The monoisotopic (exact) mass is 488 g/mol. The van der Waals surface area contributed by atoms with Gasteiger partial charge in [-0.3, -0.25) is 5.32 Å². The fourth-order valence-electron chi connectivity index (χ4n) is 3.16. The number of alkyl carbamates (subject to hydrolysis) is 1. The number of carbonyl (C=O) groups excluding carboxylic acids is 2. The van der Waals surface area contributed by atoms with E-state index in [0.29, 0.717) is 27.9 Å². The van der Waals surface area contributed by atoms with E-state index >= 15 is 0 Å². The molecule has 3 rings (SSSR count). The van der Waals surface area contributed by atoms with Gasteiger partial charge in [0.05, 0.1) is 13.2 Å². The van der Waals surface area contributed by atoms with Crippen LogP contribution in [0.2, 0.25) is 5.15 Å². The molecule has 0 saturated heterocycles. The zero-order chi connectivity index (χ0) is 24.9. The van der Waals surface area contributed by atoms with Crippen molar-refractivity contribution in [3.05, 3.63) is 70.9 Å². The van der Waals surface area contributed by atoms with E-state index in [1.165, 1.54) is 19.2 Å². The maximum absolute atomic E-state index is 13.4. The first-order chi connectivity index (χ1) is 16.0. The molecule has 0 aliphatic heterocycles. The molecule has 0 fully saturated rings. The largest absolute Gasteiger partial charge is 0.453 e. The van der Waals surface area contributed by atoms with Crippen LogP contribution in [0.5, 0.6) is 0 Å². The van der Waals surface area contributed by atoms with Gasteiger partial charge < -0.3 is 19.8 Å². The van der Waals surface area contributed by atoms with Crippen LogP contribution in [0.25, 0.3) is 11.3 Å². The van der Waals surface area contributed by atoms with Crippen LogP contribution in [0.4, 0.5) is 19.7 Å². The number of benzene rings is 2. The summed E-state index contributed by atoms with van der Waals surface area (Å²) in [7, 11) is 1.28. The van der Waals surface area contributed by atoms with Crippen LogP contribution in [0.15, 0.2) is 48.5 Å². The number of nitrogens with one attached hydrogen (secondary N) is 3. The highest BCUT2D eigenvalue weighted by molar-refractivity contribution is 6.31. The van der Waals surface area contributed by atoms with Crippen molar-refractivity contribution in [3.8, 4) is 11.3 Å². The molecule has 1 unspecified atom stereocenters.